The van der Waals surface area contributed by atoms with E-state index in [1.54, 1.807) is 18.2 Å². The first kappa shape index (κ1) is 110. The van der Waals surface area contributed by atoms with Crippen molar-refractivity contribution in [3.05, 3.63) is 291 Å². The molecule has 12 nitrogen and oxygen atoms in total. The third-order valence-corrected chi connectivity index (χ3v) is 34.7. The predicted octanol–water partition coefficient (Wildman–Crippen LogP) is 35.3. The summed E-state index contributed by atoms with van der Waals surface area (Å²) in [5.74, 6) is 16.4. The molecule has 16 unspecified atom stereocenters. The van der Waals surface area contributed by atoms with Gasteiger partial charge in [-0.1, -0.05) is 295 Å². The summed E-state index contributed by atoms with van der Waals surface area (Å²) in [6.07, 6.45) is 34.6. The van der Waals surface area contributed by atoms with Crippen molar-refractivity contribution in [1.82, 2.24) is 0 Å². The Hall–Kier alpha value is -9.43. The molecule has 144 heavy (non-hydrogen) atoms. The Balaban J connectivity index is 0.000000137. The Morgan fingerprint density at radius 2 is 0.792 bits per heavy atom. The maximum Gasteiger partial charge on any atom is 0.314 e. The molecule has 0 amide bonds. The SMILES string of the molecule is CC(C)OC(C)Oc1ccc2c(c1)CC(C)C2C.CC1Cc2cc(O)ccc2C1C.CC1Cc2cc(OC(OC3Cc4cccc5cccc3c45)C3CCCCC3)ccc2C1C.CCC(C)c1ccc(O)cc1.CCC(C)c1ccc(OC(=O)C2C3CC4CC(C3)CC2C4)cc1.CCC(C)c1ccc(OC(C)OC2CCCCC2)cc1.CCC(C)c1ccc(OC(OCc2ccccc2)C(C)C2CCCCC2)cc1. The van der Waals surface area contributed by atoms with Gasteiger partial charge in [-0.05, 0) is 400 Å². The van der Waals surface area contributed by atoms with Crippen LogP contribution < -0.4 is 23.7 Å². The lowest BCUT2D eigenvalue weighted by molar-refractivity contribution is -0.155. The van der Waals surface area contributed by atoms with Crippen LogP contribution in [0.4, 0.5) is 0 Å². The molecule has 12 heteroatoms. The van der Waals surface area contributed by atoms with Gasteiger partial charge in [0, 0.05) is 18.3 Å². The summed E-state index contributed by atoms with van der Waals surface area (Å²) in [7, 11) is 0. The number of hydrogen-bond donors (Lipinski definition) is 2. The van der Waals surface area contributed by atoms with Gasteiger partial charge in [0.2, 0.25) is 12.6 Å². The number of aromatic hydroxyl groups is 2. The number of benzene rings is 10. The molecular weight excluding hydrogens is 1780 g/mol. The molecule has 0 radical (unpaired) electrons. The second-order valence-corrected chi connectivity index (χ2v) is 45.5. The van der Waals surface area contributed by atoms with Gasteiger partial charge in [0.15, 0.2) is 12.6 Å². The van der Waals surface area contributed by atoms with Crippen LogP contribution in [0.1, 0.15) is 406 Å². The van der Waals surface area contributed by atoms with E-state index in [9.17, 15) is 9.90 Å². The van der Waals surface area contributed by atoms with E-state index >= 15 is 0 Å². The highest BCUT2D eigenvalue weighted by atomic mass is 16.7. The van der Waals surface area contributed by atoms with Gasteiger partial charge in [-0.25, -0.2) is 0 Å². The predicted molar refractivity (Wildman–Crippen MR) is 591 cm³/mol. The smallest absolute Gasteiger partial charge is 0.314 e. The van der Waals surface area contributed by atoms with Gasteiger partial charge in [0.25, 0.3) is 0 Å². The van der Waals surface area contributed by atoms with Crippen molar-refractivity contribution in [2.45, 2.75) is 403 Å². The molecular formula is C132H178O12. The lowest BCUT2D eigenvalue weighted by Gasteiger charge is -2.53. The molecule has 7 saturated carbocycles. The average molecular weight is 1960 g/mol. The van der Waals surface area contributed by atoms with Crippen molar-refractivity contribution < 1.29 is 57.6 Å². The van der Waals surface area contributed by atoms with Crippen molar-refractivity contribution >= 4 is 16.7 Å². The molecule has 11 aliphatic carbocycles. The third-order valence-electron chi connectivity index (χ3n) is 34.7. The Kier molecular flexibility index (Phi) is 41.3. The standard InChI is InChI=1S/C30H34O2.C26H36O2.C21H28O2.C18H28O2.C16H24O2.C11H14O.C10H14O/c1-19-16-24-17-25(14-15-26(24)20(19)2)31-30(22-8-4-3-5-9-22)32-28-18-23-12-6-10-21-11-7-13-27(28)29(21)23;1-4-20(2)23-15-17-25(18-16-23)28-26(21(3)24-13-9-6-10-14-24)27-19-22-11-7-5-8-12-22;1-3-13(2)16-4-6-19(7-5-16)23-21(22)20-17-9-14-8-15(11-17)12-18(20)10-14;1-4-14(2)16-10-12-18(13-11-16)20-15(3)19-17-8-6-5-7-9-17;1-10(2)17-13(5)18-15-6-7-16-12(4)11(3)8-14(16)9-15;1-7-5-9-6-10(12)3-4-11(9)8(7)2;1-3-8(2)9-4-6-10(11)7-5-9/h6-7,10-15,17,19-20,22,28,30H,3-5,8-9,16,18H2,1-2H3;5,7-8,11-12,15-18,20-21,24,26H,4,6,9-10,13-14,19H2,1-3H3;4-7,13-15,17-18,20H,3,8-12H2,1-2H3;10-15,17H,4-9H2,1-3H3;6-7,9-13H,8H2,1-5H3;3-4,6-8,12H,5H2,1-2H3;4-8,11H,3H2,1-2H3. The third kappa shape index (κ3) is 30.4. The molecule has 4 bridgehead atoms. The molecule has 0 saturated heterocycles. The van der Waals surface area contributed by atoms with E-state index in [0.717, 1.165) is 97.4 Å². The van der Waals surface area contributed by atoms with E-state index in [2.05, 4.69) is 268 Å². The minimum Gasteiger partial charge on any atom is -0.508 e. The summed E-state index contributed by atoms with van der Waals surface area (Å²) in [5, 5.41) is 21.0. The van der Waals surface area contributed by atoms with Crippen LogP contribution in [0, 0.1) is 65.1 Å². The molecule has 21 rings (SSSR count). The van der Waals surface area contributed by atoms with E-state index in [-0.39, 0.29) is 49.3 Å². The number of carbonyl (C=O) groups is 1. The summed E-state index contributed by atoms with van der Waals surface area (Å²) in [6, 6.07) is 75.2. The topological polar surface area (TPSA) is 141 Å². The van der Waals surface area contributed by atoms with E-state index in [1.165, 1.54) is 218 Å². The fourth-order valence-corrected chi connectivity index (χ4v) is 24.7. The maximum atomic E-state index is 12.8. The van der Waals surface area contributed by atoms with Gasteiger partial charge in [-0.15, -0.1) is 0 Å². The first-order chi connectivity index (χ1) is 69.5. The number of esters is 1. The fraction of sp³-hybridized carbons (Fsp3) is 0.553. The van der Waals surface area contributed by atoms with E-state index in [4.69, 9.17) is 47.7 Å². The second-order valence-electron chi connectivity index (χ2n) is 45.5. The van der Waals surface area contributed by atoms with Gasteiger partial charge in [-0.2, -0.15) is 0 Å². The van der Waals surface area contributed by atoms with Crippen LogP contribution in [0.2, 0.25) is 0 Å². The summed E-state index contributed by atoms with van der Waals surface area (Å²) in [4.78, 5) is 12.8. The molecule has 16 atom stereocenters. The zero-order chi connectivity index (χ0) is 102. The van der Waals surface area contributed by atoms with Gasteiger partial charge >= 0.3 is 5.97 Å². The molecule has 0 heterocycles. The highest BCUT2D eigenvalue weighted by Gasteiger charge is 2.52. The first-order valence-electron chi connectivity index (χ1n) is 56.7. The largest absolute Gasteiger partial charge is 0.508 e. The number of rotatable bonds is 30. The van der Waals surface area contributed by atoms with Gasteiger partial charge in [0.1, 0.15) is 40.2 Å². The summed E-state index contributed by atoms with van der Waals surface area (Å²) in [5.41, 5.74) is 17.9. The van der Waals surface area contributed by atoms with Gasteiger partial charge in [-0.3, -0.25) is 4.79 Å². The lowest BCUT2D eigenvalue weighted by atomic mass is 9.52. The van der Waals surface area contributed by atoms with Crippen molar-refractivity contribution in [3.63, 3.8) is 0 Å². The normalized spacial score (nSPS) is 24.0. The zero-order valence-electron chi connectivity index (χ0n) is 91.2. The van der Waals surface area contributed by atoms with Crippen LogP contribution in [0.5, 0.6) is 40.2 Å². The fourth-order valence-electron chi connectivity index (χ4n) is 24.7. The van der Waals surface area contributed by atoms with E-state index in [0.29, 0.717) is 101 Å². The number of hydrogen-bond acceptors (Lipinski definition) is 12. The second kappa shape index (κ2) is 54.0. The van der Waals surface area contributed by atoms with E-state index < -0.39 is 0 Å². The molecule has 2 N–H and O–H groups in total. The van der Waals surface area contributed by atoms with Crippen molar-refractivity contribution in [3.8, 4) is 40.2 Å². The van der Waals surface area contributed by atoms with Crippen LogP contribution in [-0.4, -0.2) is 53.6 Å². The van der Waals surface area contributed by atoms with Crippen LogP contribution in [0.3, 0.4) is 0 Å². The van der Waals surface area contributed by atoms with Gasteiger partial charge in [0.05, 0.1) is 30.8 Å². The summed E-state index contributed by atoms with van der Waals surface area (Å²) in [6.45, 7) is 42.5. The number of phenols is 2. The molecule has 0 aromatic heterocycles. The highest BCUT2D eigenvalue weighted by molar-refractivity contribution is 5.91. The van der Waals surface area contributed by atoms with Gasteiger partial charge < -0.3 is 52.8 Å². The van der Waals surface area contributed by atoms with Crippen molar-refractivity contribution in [1.29, 1.82) is 0 Å². The molecule has 10 aromatic rings. The van der Waals surface area contributed by atoms with Crippen molar-refractivity contribution in [2.75, 3.05) is 0 Å². The molecule has 778 valence electrons. The maximum absolute atomic E-state index is 12.8. The summed E-state index contributed by atoms with van der Waals surface area (Å²) >= 11 is 0. The Morgan fingerprint density at radius 3 is 1.28 bits per heavy atom. The number of carbonyl (C=O) groups excluding carboxylic acids is 1. The Labute approximate surface area is 867 Å². The number of fused-ring (bicyclic) bond motifs is 3. The molecule has 11 aliphatic rings. The van der Waals surface area contributed by atoms with Crippen LogP contribution >= 0.6 is 0 Å². The van der Waals surface area contributed by atoms with Crippen LogP contribution in [0.15, 0.2) is 218 Å². The molecule has 0 spiro atoms. The average Bonchev–Trinajstić information content (AvgIpc) is 1.25. The molecule has 0 aliphatic heterocycles. The minimum absolute atomic E-state index is 0.0371. The Bertz CT molecular complexity index is 5480. The van der Waals surface area contributed by atoms with Crippen LogP contribution in [0.25, 0.3) is 10.8 Å². The van der Waals surface area contributed by atoms with Crippen LogP contribution in [-0.2, 0) is 56.0 Å². The molecule has 7 fully saturated rings. The number of phenolic OH excluding ortho intramolecular Hbond substituents is 2. The van der Waals surface area contributed by atoms with Crippen molar-refractivity contribution in [2.24, 2.45) is 65.1 Å². The molecule has 10 aromatic carbocycles. The van der Waals surface area contributed by atoms with E-state index in [1.807, 2.05) is 64.1 Å². The highest BCUT2D eigenvalue weighted by Crippen LogP contribution is 2.57. The quantitative estimate of drug-likeness (QED) is 0.0252. The number of ether oxygens (including phenoxy) is 9. The minimum atomic E-state index is -0.210. The first-order valence-corrected chi connectivity index (χ1v) is 56.7. The monoisotopic (exact) mass is 1960 g/mol. The zero-order valence-corrected chi connectivity index (χ0v) is 91.2. The Morgan fingerprint density at radius 1 is 0.368 bits per heavy atom. The summed E-state index contributed by atoms with van der Waals surface area (Å²) < 4.78 is 55.3. The lowest BCUT2D eigenvalue weighted by Crippen LogP contribution is -2.49.